The number of likely N-dealkylation sites (tertiary alicyclic amines) is 1. The van der Waals surface area contributed by atoms with Gasteiger partial charge in [0.2, 0.25) is 5.01 Å². The Bertz CT molecular complexity index is 400. The van der Waals surface area contributed by atoms with Crippen LogP contribution in [-0.2, 0) is 11.3 Å². The number of aromatic carboxylic acids is 1. The van der Waals surface area contributed by atoms with Crippen LogP contribution in [-0.4, -0.2) is 47.8 Å². The van der Waals surface area contributed by atoms with Crippen molar-refractivity contribution < 1.29 is 14.6 Å². The van der Waals surface area contributed by atoms with Gasteiger partial charge in [-0.05, 0) is 31.8 Å². The average molecular weight is 270 g/mol. The molecule has 1 aliphatic rings. The molecule has 1 aromatic heterocycles. The Balaban J connectivity index is 1.82. The summed E-state index contributed by atoms with van der Waals surface area (Å²) in [7, 11) is 1.75. The van der Waals surface area contributed by atoms with Crippen molar-refractivity contribution in [2.24, 2.45) is 5.92 Å². The highest BCUT2D eigenvalue weighted by molar-refractivity contribution is 7.11. The normalized spacial score (nSPS) is 18.1. The fraction of sp³-hybridized carbons (Fsp3) is 0.667. The number of aromatic nitrogens is 1. The van der Waals surface area contributed by atoms with Crippen LogP contribution < -0.4 is 0 Å². The minimum Gasteiger partial charge on any atom is -0.476 e. The molecule has 5 nitrogen and oxygen atoms in total. The van der Waals surface area contributed by atoms with E-state index in [0.29, 0.717) is 5.92 Å². The first kappa shape index (κ1) is 13.5. The van der Waals surface area contributed by atoms with Crippen LogP contribution in [0.15, 0.2) is 5.38 Å². The lowest BCUT2D eigenvalue weighted by Gasteiger charge is -2.30. The standard InChI is InChI=1S/C12H18N2O3S/c1-17-7-9-2-4-14(5-3-9)6-10-8-18-11(13-10)12(15)16/h8-9H,2-7H2,1H3,(H,15,16). The van der Waals surface area contributed by atoms with Crippen LogP contribution >= 0.6 is 11.3 Å². The molecule has 2 rings (SSSR count). The van der Waals surface area contributed by atoms with E-state index in [1.54, 1.807) is 7.11 Å². The Labute approximate surface area is 110 Å². The van der Waals surface area contributed by atoms with Gasteiger partial charge in [0.25, 0.3) is 0 Å². The maximum Gasteiger partial charge on any atom is 0.365 e. The lowest BCUT2D eigenvalue weighted by molar-refractivity contribution is 0.0695. The third-order valence-corrected chi connectivity index (χ3v) is 4.11. The molecule has 0 aliphatic carbocycles. The summed E-state index contributed by atoms with van der Waals surface area (Å²) in [4.78, 5) is 17.2. The zero-order chi connectivity index (χ0) is 13.0. The first-order valence-corrected chi connectivity index (χ1v) is 6.96. The number of hydrogen-bond acceptors (Lipinski definition) is 5. The molecule has 0 saturated carbocycles. The van der Waals surface area contributed by atoms with E-state index >= 15 is 0 Å². The lowest BCUT2D eigenvalue weighted by atomic mass is 9.98. The average Bonchev–Trinajstić information content (AvgIpc) is 2.81. The fourth-order valence-corrected chi connectivity index (χ4v) is 2.90. The van der Waals surface area contributed by atoms with Crippen molar-refractivity contribution in [1.29, 1.82) is 0 Å². The van der Waals surface area contributed by atoms with Crippen LogP contribution in [0.3, 0.4) is 0 Å². The van der Waals surface area contributed by atoms with E-state index in [-0.39, 0.29) is 5.01 Å². The Hall–Kier alpha value is -0.980. The number of carboxylic acids is 1. The maximum atomic E-state index is 10.7. The molecule has 0 amide bonds. The highest BCUT2D eigenvalue weighted by Gasteiger charge is 2.20. The number of ether oxygens (including phenoxy) is 1. The van der Waals surface area contributed by atoms with Gasteiger partial charge in [-0.25, -0.2) is 9.78 Å². The van der Waals surface area contributed by atoms with Crippen LogP contribution in [0.1, 0.15) is 28.3 Å². The van der Waals surface area contributed by atoms with Crippen LogP contribution in [0.4, 0.5) is 0 Å². The van der Waals surface area contributed by atoms with Gasteiger partial charge in [-0.1, -0.05) is 0 Å². The first-order chi connectivity index (χ1) is 8.69. The van der Waals surface area contributed by atoms with Crippen molar-refractivity contribution in [1.82, 2.24) is 9.88 Å². The molecule has 0 bridgehead atoms. The van der Waals surface area contributed by atoms with Crippen molar-refractivity contribution in [3.63, 3.8) is 0 Å². The molecule has 0 atom stereocenters. The van der Waals surface area contributed by atoms with Gasteiger partial charge in [-0.2, -0.15) is 0 Å². The largest absolute Gasteiger partial charge is 0.476 e. The van der Waals surface area contributed by atoms with Crippen LogP contribution in [0, 0.1) is 5.92 Å². The number of carbonyl (C=O) groups is 1. The van der Waals surface area contributed by atoms with Crippen molar-refractivity contribution in [2.75, 3.05) is 26.8 Å². The fourth-order valence-electron chi connectivity index (χ4n) is 2.25. The Kier molecular flexibility index (Phi) is 4.68. The van der Waals surface area contributed by atoms with Gasteiger partial charge < -0.3 is 9.84 Å². The van der Waals surface area contributed by atoms with Gasteiger partial charge in [-0.15, -0.1) is 11.3 Å². The van der Waals surface area contributed by atoms with Crippen LogP contribution in [0.2, 0.25) is 0 Å². The highest BCUT2D eigenvalue weighted by atomic mass is 32.1. The minimum absolute atomic E-state index is 0.180. The number of hydrogen-bond donors (Lipinski definition) is 1. The molecule has 0 radical (unpaired) electrons. The molecule has 2 heterocycles. The molecule has 6 heteroatoms. The lowest BCUT2D eigenvalue weighted by Crippen LogP contribution is -2.34. The second-order valence-electron chi connectivity index (χ2n) is 4.62. The molecule has 1 saturated heterocycles. The summed E-state index contributed by atoms with van der Waals surface area (Å²) in [5.41, 5.74) is 0.864. The molecular weight excluding hydrogens is 252 g/mol. The number of methoxy groups -OCH3 is 1. The second-order valence-corrected chi connectivity index (χ2v) is 5.48. The van der Waals surface area contributed by atoms with E-state index in [2.05, 4.69) is 9.88 Å². The third-order valence-electron chi connectivity index (χ3n) is 3.23. The van der Waals surface area contributed by atoms with Crippen molar-refractivity contribution in [2.45, 2.75) is 19.4 Å². The minimum atomic E-state index is -0.940. The Morgan fingerprint density at radius 2 is 2.33 bits per heavy atom. The number of nitrogens with zero attached hydrogens (tertiary/aromatic N) is 2. The van der Waals surface area contributed by atoms with Gasteiger partial charge in [0.05, 0.1) is 5.69 Å². The molecule has 0 spiro atoms. The molecule has 18 heavy (non-hydrogen) atoms. The molecule has 1 aromatic rings. The predicted octanol–water partition coefficient (Wildman–Crippen LogP) is 1.70. The molecule has 0 aromatic carbocycles. The molecule has 100 valence electrons. The molecule has 1 N–H and O–H groups in total. The highest BCUT2D eigenvalue weighted by Crippen LogP contribution is 2.19. The summed E-state index contributed by atoms with van der Waals surface area (Å²) < 4.78 is 5.17. The van der Waals surface area contributed by atoms with Gasteiger partial charge in [0.15, 0.2) is 0 Å². The molecule has 1 aliphatic heterocycles. The summed E-state index contributed by atoms with van der Waals surface area (Å²) in [5.74, 6) is -0.277. The summed E-state index contributed by atoms with van der Waals surface area (Å²) in [6.07, 6.45) is 2.29. The SMILES string of the molecule is COCC1CCN(Cc2csc(C(=O)O)n2)CC1. The summed E-state index contributed by atoms with van der Waals surface area (Å²) >= 11 is 1.20. The number of thiazole rings is 1. The van der Waals surface area contributed by atoms with Crippen molar-refractivity contribution in [3.8, 4) is 0 Å². The summed E-state index contributed by atoms with van der Waals surface area (Å²) in [5, 5.41) is 10.8. The summed E-state index contributed by atoms with van der Waals surface area (Å²) in [6, 6.07) is 0. The zero-order valence-corrected chi connectivity index (χ0v) is 11.3. The van der Waals surface area contributed by atoms with Crippen LogP contribution in [0.5, 0.6) is 0 Å². The van der Waals surface area contributed by atoms with Crippen LogP contribution in [0.25, 0.3) is 0 Å². The monoisotopic (exact) mass is 270 g/mol. The van der Waals surface area contributed by atoms with Gasteiger partial charge in [-0.3, -0.25) is 4.90 Å². The van der Waals surface area contributed by atoms with Crippen molar-refractivity contribution in [3.05, 3.63) is 16.1 Å². The number of rotatable bonds is 5. The van der Waals surface area contributed by atoms with E-state index in [4.69, 9.17) is 9.84 Å². The van der Waals surface area contributed by atoms with Gasteiger partial charge in [0.1, 0.15) is 0 Å². The van der Waals surface area contributed by atoms with Gasteiger partial charge in [0, 0.05) is 25.6 Å². The van der Waals surface area contributed by atoms with E-state index in [9.17, 15) is 4.79 Å². The number of carboxylic acid groups (broad SMARTS) is 1. The molecule has 1 fully saturated rings. The number of piperidine rings is 1. The smallest absolute Gasteiger partial charge is 0.365 e. The predicted molar refractivity (Wildman–Crippen MR) is 69.0 cm³/mol. The van der Waals surface area contributed by atoms with E-state index in [1.165, 1.54) is 11.3 Å². The molecule has 0 unspecified atom stereocenters. The topological polar surface area (TPSA) is 62.7 Å². The maximum absolute atomic E-state index is 10.7. The second kappa shape index (κ2) is 6.26. The summed E-state index contributed by atoms with van der Waals surface area (Å²) in [6.45, 7) is 3.67. The zero-order valence-electron chi connectivity index (χ0n) is 10.5. The van der Waals surface area contributed by atoms with E-state index in [1.807, 2.05) is 5.38 Å². The van der Waals surface area contributed by atoms with Gasteiger partial charge >= 0.3 is 5.97 Å². The Morgan fingerprint density at radius 3 is 2.89 bits per heavy atom. The quantitative estimate of drug-likeness (QED) is 0.882. The molecular formula is C12H18N2O3S. The Morgan fingerprint density at radius 1 is 1.61 bits per heavy atom. The third kappa shape index (κ3) is 3.51. The van der Waals surface area contributed by atoms with E-state index in [0.717, 1.165) is 44.8 Å². The van der Waals surface area contributed by atoms with Crippen molar-refractivity contribution >= 4 is 17.3 Å². The first-order valence-electron chi connectivity index (χ1n) is 6.08. The van der Waals surface area contributed by atoms with E-state index < -0.39 is 5.97 Å².